The van der Waals surface area contributed by atoms with E-state index in [-0.39, 0.29) is 5.91 Å². The highest BCUT2D eigenvalue weighted by molar-refractivity contribution is 5.92. The topological polar surface area (TPSA) is 41.6 Å². The number of nitrogens with one attached hydrogen (secondary N) is 1. The molecule has 4 nitrogen and oxygen atoms in total. The molecule has 1 aromatic carbocycles. The second kappa shape index (κ2) is 7.79. The predicted octanol–water partition coefficient (Wildman–Crippen LogP) is 2.36. The van der Waals surface area contributed by atoms with Crippen molar-refractivity contribution in [2.24, 2.45) is 0 Å². The smallest absolute Gasteiger partial charge is 0.226 e. The van der Waals surface area contributed by atoms with Gasteiger partial charge < -0.3 is 15.0 Å². The molecule has 1 amide bonds. The third-order valence-electron chi connectivity index (χ3n) is 3.04. The van der Waals surface area contributed by atoms with E-state index in [1.165, 1.54) is 0 Å². The van der Waals surface area contributed by atoms with Crippen LogP contribution in [0, 0.1) is 6.92 Å². The van der Waals surface area contributed by atoms with Crippen LogP contribution in [0.5, 0.6) is 5.75 Å². The van der Waals surface area contributed by atoms with Crippen LogP contribution in [-0.4, -0.2) is 33.2 Å². The number of carbonyl (C=O) groups is 1. The molecule has 0 unspecified atom stereocenters. The number of anilines is 1. The van der Waals surface area contributed by atoms with Crippen molar-refractivity contribution in [3.05, 3.63) is 23.8 Å². The van der Waals surface area contributed by atoms with Gasteiger partial charge in [0.2, 0.25) is 5.91 Å². The Morgan fingerprint density at radius 1 is 1.42 bits per heavy atom. The number of aryl methyl sites for hydroxylation is 1. The van der Waals surface area contributed by atoms with Crippen molar-refractivity contribution in [1.29, 1.82) is 0 Å². The fraction of sp³-hybridized carbons (Fsp3) is 0.533. The number of benzene rings is 1. The Bertz CT molecular complexity index is 419. The van der Waals surface area contributed by atoms with Crippen molar-refractivity contribution in [2.75, 3.05) is 32.1 Å². The Hall–Kier alpha value is -1.55. The molecule has 1 aromatic rings. The molecule has 0 aliphatic carbocycles. The van der Waals surface area contributed by atoms with E-state index in [1.807, 2.05) is 46.1 Å². The summed E-state index contributed by atoms with van der Waals surface area (Å²) < 4.78 is 5.50. The standard InChI is InChI=1S/C15H24N2O2/c1-5-19-14-9-8-13(11-12(14)2)17(4)15(18)7-6-10-16-3/h8-9,11,16H,5-7,10H2,1-4H3. The number of nitrogens with zero attached hydrogens (tertiary/aromatic N) is 1. The monoisotopic (exact) mass is 264 g/mol. The van der Waals surface area contributed by atoms with Gasteiger partial charge in [-0.05, 0) is 57.6 Å². The maximum Gasteiger partial charge on any atom is 0.226 e. The molecule has 0 atom stereocenters. The van der Waals surface area contributed by atoms with Gasteiger partial charge in [0.1, 0.15) is 5.75 Å². The summed E-state index contributed by atoms with van der Waals surface area (Å²) in [7, 11) is 3.71. The molecule has 0 aliphatic rings. The lowest BCUT2D eigenvalue weighted by Crippen LogP contribution is -2.26. The number of ether oxygens (including phenoxy) is 1. The van der Waals surface area contributed by atoms with Crippen LogP contribution in [0.4, 0.5) is 5.69 Å². The van der Waals surface area contributed by atoms with Crippen LogP contribution < -0.4 is 15.0 Å². The number of carbonyl (C=O) groups excluding carboxylic acids is 1. The first-order valence-electron chi connectivity index (χ1n) is 6.74. The van der Waals surface area contributed by atoms with Crippen LogP contribution in [-0.2, 0) is 4.79 Å². The van der Waals surface area contributed by atoms with E-state index in [4.69, 9.17) is 4.74 Å². The maximum absolute atomic E-state index is 12.0. The Morgan fingerprint density at radius 2 is 2.16 bits per heavy atom. The zero-order valence-corrected chi connectivity index (χ0v) is 12.3. The highest BCUT2D eigenvalue weighted by Gasteiger charge is 2.11. The van der Waals surface area contributed by atoms with Crippen LogP contribution in [0.2, 0.25) is 0 Å². The number of rotatable bonds is 7. The summed E-state index contributed by atoms with van der Waals surface area (Å²) in [5, 5.41) is 3.05. The van der Waals surface area contributed by atoms with E-state index in [0.717, 1.165) is 30.0 Å². The molecule has 0 fully saturated rings. The molecule has 0 bridgehead atoms. The van der Waals surface area contributed by atoms with Crippen molar-refractivity contribution in [3.63, 3.8) is 0 Å². The number of hydrogen-bond acceptors (Lipinski definition) is 3. The molecule has 0 saturated heterocycles. The van der Waals surface area contributed by atoms with Gasteiger partial charge in [0.15, 0.2) is 0 Å². The van der Waals surface area contributed by atoms with Crippen molar-refractivity contribution >= 4 is 11.6 Å². The van der Waals surface area contributed by atoms with Crippen molar-refractivity contribution in [3.8, 4) is 5.75 Å². The van der Waals surface area contributed by atoms with Gasteiger partial charge in [0, 0.05) is 19.2 Å². The third-order valence-corrected chi connectivity index (χ3v) is 3.04. The second-order valence-corrected chi connectivity index (χ2v) is 4.54. The molecule has 106 valence electrons. The highest BCUT2D eigenvalue weighted by Crippen LogP contribution is 2.24. The molecule has 0 aromatic heterocycles. The zero-order chi connectivity index (χ0) is 14.3. The number of amides is 1. The normalized spacial score (nSPS) is 10.3. The largest absolute Gasteiger partial charge is 0.494 e. The number of hydrogen-bond donors (Lipinski definition) is 1. The van der Waals surface area contributed by atoms with Gasteiger partial charge in [-0.25, -0.2) is 0 Å². The molecule has 0 saturated carbocycles. The van der Waals surface area contributed by atoms with Crippen LogP contribution in [0.25, 0.3) is 0 Å². The lowest BCUT2D eigenvalue weighted by atomic mass is 10.1. The van der Waals surface area contributed by atoms with Crippen LogP contribution >= 0.6 is 0 Å². The minimum absolute atomic E-state index is 0.138. The molecule has 0 spiro atoms. The molecule has 19 heavy (non-hydrogen) atoms. The first-order chi connectivity index (χ1) is 9.10. The van der Waals surface area contributed by atoms with Gasteiger partial charge in [-0.3, -0.25) is 4.79 Å². The fourth-order valence-corrected chi connectivity index (χ4v) is 1.89. The van der Waals surface area contributed by atoms with Crippen LogP contribution in [0.15, 0.2) is 18.2 Å². The summed E-state index contributed by atoms with van der Waals surface area (Å²) in [4.78, 5) is 13.7. The van der Waals surface area contributed by atoms with Crippen molar-refractivity contribution < 1.29 is 9.53 Å². The molecule has 0 aliphatic heterocycles. The second-order valence-electron chi connectivity index (χ2n) is 4.54. The zero-order valence-electron chi connectivity index (χ0n) is 12.3. The van der Waals surface area contributed by atoms with Gasteiger partial charge in [-0.1, -0.05) is 0 Å². The van der Waals surface area contributed by atoms with E-state index in [0.29, 0.717) is 13.0 Å². The summed E-state index contributed by atoms with van der Waals surface area (Å²) in [5.74, 6) is 1.01. The minimum atomic E-state index is 0.138. The highest BCUT2D eigenvalue weighted by atomic mass is 16.5. The lowest BCUT2D eigenvalue weighted by molar-refractivity contribution is -0.118. The van der Waals surface area contributed by atoms with E-state index >= 15 is 0 Å². The molecule has 1 rings (SSSR count). The summed E-state index contributed by atoms with van der Waals surface area (Å²) in [6, 6.07) is 5.83. The average molecular weight is 264 g/mol. The first kappa shape index (κ1) is 15.5. The van der Waals surface area contributed by atoms with Gasteiger partial charge in [0.05, 0.1) is 6.61 Å². The Labute approximate surface area is 115 Å². The summed E-state index contributed by atoms with van der Waals surface area (Å²) in [6.45, 7) is 5.47. The molecule has 4 heteroatoms. The van der Waals surface area contributed by atoms with Crippen molar-refractivity contribution in [2.45, 2.75) is 26.7 Å². The van der Waals surface area contributed by atoms with E-state index in [9.17, 15) is 4.79 Å². The molecular weight excluding hydrogens is 240 g/mol. The Kier molecular flexibility index (Phi) is 6.36. The molecule has 1 N–H and O–H groups in total. The molecule has 0 radical (unpaired) electrons. The lowest BCUT2D eigenvalue weighted by Gasteiger charge is -2.19. The minimum Gasteiger partial charge on any atom is -0.494 e. The quantitative estimate of drug-likeness (QED) is 0.769. The van der Waals surface area contributed by atoms with Gasteiger partial charge >= 0.3 is 0 Å². The van der Waals surface area contributed by atoms with E-state index in [1.54, 1.807) is 4.90 Å². The molecule has 0 heterocycles. The van der Waals surface area contributed by atoms with Gasteiger partial charge in [0.25, 0.3) is 0 Å². The fourth-order valence-electron chi connectivity index (χ4n) is 1.89. The van der Waals surface area contributed by atoms with Crippen LogP contribution in [0.1, 0.15) is 25.3 Å². The van der Waals surface area contributed by atoms with E-state index < -0.39 is 0 Å². The third kappa shape index (κ3) is 4.56. The summed E-state index contributed by atoms with van der Waals surface area (Å²) >= 11 is 0. The SMILES string of the molecule is CCOc1ccc(N(C)C(=O)CCCNC)cc1C. The summed E-state index contributed by atoms with van der Waals surface area (Å²) in [6.07, 6.45) is 1.42. The van der Waals surface area contributed by atoms with Gasteiger partial charge in [-0.15, -0.1) is 0 Å². The maximum atomic E-state index is 12.0. The van der Waals surface area contributed by atoms with E-state index in [2.05, 4.69) is 5.32 Å². The summed E-state index contributed by atoms with van der Waals surface area (Å²) in [5.41, 5.74) is 1.96. The Balaban J connectivity index is 2.68. The van der Waals surface area contributed by atoms with Crippen molar-refractivity contribution in [1.82, 2.24) is 5.32 Å². The first-order valence-corrected chi connectivity index (χ1v) is 6.74. The molecular formula is C15H24N2O2. The van der Waals surface area contributed by atoms with Crippen LogP contribution in [0.3, 0.4) is 0 Å². The van der Waals surface area contributed by atoms with Gasteiger partial charge in [-0.2, -0.15) is 0 Å². The Morgan fingerprint density at radius 3 is 2.74 bits per heavy atom. The predicted molar refractivity (Wildman–Crippen MR) is 78.9 cm³/mol. The average Bonchev–Trinajstić information content (AvgIpc) is 2.40.